The molecule has 0 fully saturated rings. The number of hydrogen-bond donors (Lipinski definition) is 0. The lowest BCUT2D eigenvalue weighted by molar-refractivity contribution is 0.384. The molecule has 1 heterocycles. The van der Waals surface area contributed by atoms with Gasteiger partial charge in [0.15, 0.2) is 0 Å². The first-order valence-corrected chi connectivity index (χ1v) is 7.61. The van der Waals surface area contributed by atoms with Crippen LogP contribution in [0.15, 0.2) is 21.2 Å². The van der Waals surface area contributed by atoms with Gasteiger partial charge in [-0.05, 0) is 41.6 Å². The summed E-state index contributed by atoms with van der Waals surface area (Å²) < 4.78 is 11.6. The van der Waals surface area contributed by atoms with Gasteiger partial charge in [-0.15, -0.1) is 0 Å². The molecule has 0 radical (unpaired) electrons. The molecule has 4 heteroatoms. The molecule has 62 valence electrons. The van der Waals surface area contributed by atoms with Gasteiger partial charge in [0.05, 0.1) is 6.26 Å². The molecule has 0 spiro atoms. The molecule has 0 aliphatic rings. The van der Waals surface area contributed by atoms with Crippen LogP contribution < -0.4 is 4.43 Å². The van der Waals surface area contributed by atoms with Crippen molar-refractivity contribution in [2.75, 3.05) is 0 Å². The molecule has 0 saturated heterocycles. The molecule has 0 amide bonds. The van der Waals surface area contributed by atoms with E-state index in [-0.39, 0.29) is 0 Å². The van der Waals surface area contributed by atoms with Crippen molar-refractivity contribution in [3.63, 3.8) is 0 Å². The van der Waals surface area contributed by atoms with Crippen molar-refractivity contribution in [1.82, 2.24) is 0 Å². The van der Waals surface area contributed by atoms with E-state index in [4.69, 9.17) is 8.84 Å². The van der Waals surface area contributed by atoms with E-state index in [0.29, 0.717) is 5.95 Å². The van der Waals surface area contributed by atoms with Gasteiger partial charge in [-0.25, -0.2) is 0 Å². The van der Waals surface area contributed by atoms with Crippen molar-refractivity contribution in [3.05, 3.63) is 16.8 Å². The number of halogens is 1. The van der Waals surface area contributed by atoms with Gasteiger partial charge in [0.25, 0.3) is 5.95 Å². The van der Waals surface area contributed by atoms with E-state index in [1.807, 2.05) is 6.07 Å². The maximum atomic E-state index is 5.60. The SMILES string of the molecule is C[Si](C)(C)Oc1occc1Br. The molecule has 0 bridgehead atoms. The van der Waals surface area contributed by atoms with E-state index in [2.05, 4.69) is 35.6 Å². The molecule has 0 unspecified atom stereocenters. The number of rotatable bonds is 2. The molecule has 0 aliphatic heterocycles. The van der Waals surface area contributed by atoms with Crippen molar-refractivity contribution in [2.24, 2.45) is 0 Å². The average molecular weight is 235 g/mol. The zero-order valence-corrected chi connectivity index (χ0v) is 9.44. The fourth-order valence-electron chi connectivity index (χ4n) is 0.631. The van der Waals surface area contributed by atoms with Crippen LogP contribution in [-0.4, -0.2) is 8.32 Å². The lowest BCUT2D eigenvalue weighted by Crippen LogP contribution is -2.29. The van der Waals surface area contributed by atoms with Crippen LogP contribution in [0, 0.1) is 0 Å². The first kappa shape index (κ1) is 8.87. The molecule has 0 N–H and O–H groups in total. The normalized spacial score (nSPS) is 11.6. The molecule has 1 rings (SSSR count). The van der Waals surface area contributed by atoms with Crippen LogP contribution in [0.2, 0.25) is 19.6 Å². The van der Waals surface area contributed by atoms with Crippen molar-refractivity contribution in [1.29, 1.82) is 0 Å². The van der Waals surface area contributed by atoms with E-state index in [1.54, 1.807) is 6.26 Å². The Hall–Kier alpha value is -0.223. The standard InChI is InChI=1S/C7H11BrO2Si/c1-11(2,3)10-7-6(8)4-5-9-7/h4-5H,1-3H3. The summed E-state index contributed by atoms with van der Waals surface area (Å²) in [5.74, 6) is 0.601. The smallest absolute Gasteiger partial charge is 0.285 e. The Labute approximate surface area is 75.8 Å². The molecule has 0 saturated carbocycles. The topological polar surface area (TPSA) is 22.4 Å². The lowest BCUT2D eigenvalue weighted by atomic mass is 10.7. The van der Waals surface area contributed by atoms with Crippen molar-refractivity contribution in [2.45, 2.75) is 19.6 Å². The zero-order valence-electron chi connectivity index (χ0n) is 6.85. The highest BCUT2D eigenvalue weighted by molar-refractivity contribution is 9.10. The molecule has 2 nitrogen and oxygen atoms in total. The van der Waals surface area contributed by atoms with Gasteiger partial charge >= 0.3 is 0 Å². The molecular formula is C7H11BrO2Si. The van der Waals surface area contributed by atoms with Crippen LogP contribution >= 0.6 is 15.9 Å². The molecule has 1 aromatic heterocycles. The average Bonchev–Trinajstić information content (AvgIpc) is 2.12. The molecule has 0 atom stereocenters. The third-order valence-electron chi connectivity index (χ3n) is 0.983. The van der Waals surface area contributed by atoms with Crippen LogP contribution in [-0.2, 0) is 0 Å². The Morgan fingerprint density at radius 3 is 2.45 bits per heavy atom. The highest BCUT2D eigenvalue weighted by Gasteiger charge is 2.19. The minimum atomic E-state index is -1.52. The van der Waals surface area contributed by atoms with Crippen molar-refractivity contribution in [3.8, 4) is 5.95 Å². The van der Waals surface area contributed by atoms with Gasteiger partial charge < -0.3 is 8.84 Å². The van der Waals surface area contributed by atoms with Crippen molar-refractivity contribution >= 4 is 24.2 Å². The summed E-state index contributed by atoms with van der Waals surface area (Å²) in [7, 11) is -1.52. The van der Waals surface area contributed by atoms with Crippen LogP contribution in [0.3, 0.4) is 0 Å². The largest absolute Gasteiger partial charge is 0.519 e. The second kappa shape index (κ2) is 3.03. The summed E-state index contributed by atoms with van der Waals surface area (Å²) in [4.78, 5) is 0. The maximum Gasteiger partial charge on any atom is 0.285 e. The van der Waals surface area contributed by atoms with E-state index in [9.17, 15) is 0 Å². The molecule has 1 aromatic rings. The van der Waals surface area contributed by atoms with Gasteiger partial charge in [-0.3, -0.25) is 0 Å². The fourth-order valence-corrected chi connectivity index (χ4v) is 1.78. The minimum absolute atomic E-state index is 0.601. The summed E-state index contributed by atoms with van der Waals surface area (Å²) in [6, 6.07) is 1.83. The Morgan fingerprint density at radius 2 is 2.09 bits per heavy atom. The molecule has 11 heavy (non-hydrogen) atoms. The van der Waals surface area contributed by atoms with Crippen LogP contribution in [0.25, 0.3) is 0 Å². The lowest BCUT2D eigenvalue weighted by Gasteiger charge is -2.16. The predicted molar refractivity (Wildman–Crippen MR) is 50.4 cm³/mol. The summed E-state index contributed by atoms with van der Waals surface area (Å²) >= 11 is 3.32. The van der Waals surface area contributed by atoms with E-state index in [0.717, 1.165) is 4.47 Å². The Bertz CT molecular complexity index is 239. The van der Waals surface area contributed by atoms with Gasteiger partial charge in [0.2, 0.25) is 8.32 Å². The maximum absolute atomic E-state index is 5.60. The molecular weight excluding hydrogens is 224 g/mol. The van der Waals surface area contributed by atoms with Crippen LogP contribution in [0.4, 0.5) is 0 Å². The first-order chi connectivity index (χ1) is 4.99. The minimum Gasteiger partial charge on any atom is -0.519 e. The van der Waals surface area contributed by atoms with E-state index >= 15 is 0 Å². The second-order valence-corrected chi connectivity index (χ2v) is 8.55. The molecule has 0 aromatic carbocycles. The van der Waals surface area contributed by atoms with Gasteiger partial charge in [0, 0.05) is 0 Å². The fraction of sp³-hybridized carbons (Fsp3) is 0.429. The second-order valence-electron chi connectivity index (χ2n) is 3.27. The van der Waals surface area contributed by atoms with Gasteiger partial charge in [-0.2, -0.15) is 0 Å². The summed E-state index contributed by atoms with van der Waals surface area (Å²) in [6.07, 6.45) is 1.61. The Balaban J connectivity index is 2.72. The highest BCUT2D eigenvalue weighted by atomic mass is 79.9. The summed E-state index contributed by atoms with van der Waals surface area (Å²) in [5.41, 5.74) is 0. The first-order valence-electron chi connectivity index (χ1n) is 3.41. The van der Waals surface area contributed by atoms with Crippen molar-refractivity contribution < 1.29 is 8.84 Å². The van der Waals surface area contributed by atoms with Crippen LogP contribution in [0.1, 0.15) is 0 Å². The van der Waals surface area contributed by atoms with E-state index < -0.39 is 8.32 Å². The van der Waals surface area contributed by atoms with Crippen LogP contribution in [0.5, 0.6) is 5.95 Å². The molecule has 0 aliphatic carbocycles. The third kappa shape index (κ3) is 2.71. The Morgan fingerprint density at radius 1 is 1.45 bits per heavy atom. The predicted octanol–water partition coefficient (Wildman–Crippen LogP) is 3.26. The zero-order chi connectivity index (χ0) is 8.48. The van der Waals surface area contributed by atoms with E-state index in [1.165, 1.54) is 0 Å². The number of furan rings is 1. The summed E-state index contributed by atoms with van der Waals surface area (Å²) in [6.45, 7) is 6.34. The van der Waals surface area contributed by atoms with Gasteiger partial charge in [0.1, 0.15) is 4.47 Å². The third-order valence-corrected chi connectivity index (χ3v) is 2.37. The quantitative estimate of drug-likeness (QED) is 0.734. The highest BCUT2D eigenvalue weighted by Crippen LogP contribution is 2.27. The number of hydrogen-bond acceptors (Lipinski definition) is 2. The van der Waals surface area contributed by atoms with Gasteiger partial charge in [-0.1, -0.05) is 0 Å². The monoisotopic (exact) mass is 234 g/mol. The Kier molecular flexibility index (Phi) is 2.44. The summed E-state index contributed by atoms with van der Waals surface area (Å²) in [5, 5.41) is 0.